The van der Waals surface area contributed by atoms with Crippen molar-refractivity contribution < 1.29 is 14.3 Å². The molecule has 0 saturated heterocycles. The average molecular weight is 477 g/mol. The van der Waals surface area contributed by atoms with Gasteiger partial charge in [-0.3, -0.25) is 9.59 Å². The predicted molar refractivity (Wildman–Crippen MR) is 138 cm³/mol. The van der Waals surface area contributed by atoms with Crippen LogP contribution in [0.25, 0.3) is 11.0 Å². The van der Waals surface area contributed by atoms with Gasteiger partial charge in [0, 0.05) is 26.1 Å². The minimum Gasteiger partial charge on any atom is -0.483 e. The first kappa shape index (κ1) is 24.8. The van der Waals surface area contributed by atoms with Gasteiger partial charge in [0.2, 0.25) is 5.91 Å². The topological polar surface area (TPSA) is 76.5 Å². The van der Waals surface area contributed by atoms with Crippen LogP contribution < -0.4 is 10.1 Å². The Morgan fingerprint density at radius 2 is 1.89 bits per heavy atom. The van der Waals surface area contributed by atoms with Crippen LogP contribution in [0.2, 0.25) is 0 Å². The van der Waals surface area contributed by atoms with Gasteiger partial charge in [0.1, 0.15) is 18.1 Å². The number of aromatic nitrogens is 2. The van der Waals surface area contributed by atoms with Crippen LogP contribution in [0.4, 0.5) is 0 Å². The van der Waals surface area contributed by atoms with Gasteiger partial charge in [-0.15, -0.1) is 0 Å². The molecule has 4 rings (SSSR count). The molecule has 3 aromatic rings. The van der Waals surface area contributed by atoms with Crippen molar-refractivity contribution in [2.24, 2.45) is 0 Å². The molecule has 2 amide bonds. The lowest BCUT2D eigenvalue weighted by Gasteiger charge is -2.31. The van der Waals surface area contributed by atoms with Crippen molar-refractivity contribution in [2.45, 2.75) is 65.0 Å². The molecule has 1 fully saturated rings. The smallest absolute Gasteiger partial charge is 0.257 e. The van der Waals surface area contributed by atoms with E-state index in [0.717, 1.165) is 46.6 Å². The average Bonchev–Trinajstić information content (AvgIpc) is 3.21. The van der Waals surface area contributed by atoms with Gasteiger partial charge in [-0.2, -0.15) is 0 Å². The largest absolute Gasteiger partial charge is 0.483 e. The van der Waals surface area contributed by atoms with Crippen molar-refractivity contribution in [1.82, 2.24) is 19.8 Å². The van der Waals surface area contributed by atoms with Gasteiger partial charge in [-0.05, 0) is 56.0 Å². The number of hydrogen-bond donors (Lipinski definition) is 1. The molecule has 1 aliphatic carbocycles. The minimum atomic E-state index is -0.179. The molecule has 1 saturated carbocycles. The van der Waals surface area contributed by atoms with Crippen LogP contribution >= 0.6 is 0 Å². The van der Waals surface area contributed by atoms with Gasteiger partial charge in [-0.25, -0.2) is 4.98 Å². The molecule has 1 heterocycles. The Balaban J connectivity index is 1.37. The highest BCUT2D eigenvalue weighted by Crippen LogP contribution is 2.23. The normalized spacial score (nSPS) is 14.1. The van der Waals surface area contributed by atoms with Gasteiger partial charge in [0.15, 0.2) is 6.61 Å². The molecule has 186 valence electrons. The lowest BCUT2D eigenvalue weighted by Crippen LogP contribution is -2.40. The van der Waals surface area contributed by atoms with E-state index in [9.17, 15) is 9.59 Å². The van der Waals surface area contributed by atoms with Gasteiger partial charge in [0.05, 0.1) is 11.0 Å². The lowest BCUT2D eigenvalue weighted by atomic mass is 9.94. The summed E-state index contributed by atoms with van der Waals surface area (Å²) in [6.07, 6.45) is 6.33. The summed E-state index contributed by atoms with van der Waals surface area (Å²) in [6.45, 7) is 4.60. The SMILES string of the molecule is Cc1ccc(C)c(OCC(=O)NCCc2nc3ccccc3n2CC(=O)N(C)C2CCCCC2)c1. The number of para-hydroxylation sites is 2. The maximum atomic E-state index is 13.1. The summed E-state index contributed by atoms with van der Waals surface area (Å²) in [7, 11) is 1.92. The Bertz CT molecular complexity index is 1180. The fourth-order valence-corrected chi connectivity index (χ4v) is 4.78. The van der Waals surface area contributed by atoms with E-state index in [1.54, 1.807) is 0 Å². The number of rotatable bonds is 9. The van der Waals surface area contributed by atoms with Gasteiger partial charge < -0.3 is 19.5 Å². The van der Waals surface area contributed by atoms with E-state index in [4.69, 9.17) is 9.72 Å². The first-order chi connectivity index (χ1) is 16.9. The van der Waals surface area contributed by atoms with Crippen molar-refractivity contribution in [1.29, 1.82) is 0 Å². The van der Waals surface area contributed by atoms with Gasteiger partial charge in [-0.1, -0.05) is 43.5 Å². The second-order valence-electron chi connectivity index (χ2n) is 9.56. The number of fused-ring (bicyclic) bond motifs is 1. The van der Waals surface area contributed by atoms with Crippen LogP contribution in [0.1, 0.15) is 49.1 Å². The third kappa shape index (κ3) is 6.21. The van der Waals surface area contributed by atoms with Crippen LogP contribution in [-0.2, 0) is 22.6 Å². The molecule has 1 N–H and O–H groups in total. The third-order valence-electron chi connectivity index (χ3n) is 6.92. The standard InChI is InChI=1S/C28H36N4O3/c1-20-13-14-21(2)25(17-20)35-19-27(33)29-16-15-26-30-23-11-7-8-12-24(23)32(26)18-28(34)31(3)22-9-5-4-6-10-22/h7-8,11-14,17,22H,4-6,9-10,15-16,18-19H2,1-3H3,(H,29,33). The zero-order valence-corrected chi connectivity index (χ0v) is 21.0. The van der Waals surface area contributed by atoms with Crippen LogP contribution in [0, 0.1) is 13.8 Å². The summed E-state index contributed by atoms with van der Waals surface area (Å²) in [5.41, 5.74) is 3.89. The lowest BCUT2D eigenvalue weighted by molar-refractivity contribution is -0.133. The number of likely N-dealkylation sites (N-methyl/N-ethyl adjacent to an activating group) is 1. The molecule has 0 aliphatic heterocycles. The van der Waals surface area contributed by atoms with Gasteiger partial charge >= 0.3 is 0 Å². The minimum absolute atomic E-state index is 0.0363. The van der Waals surface area contributed by atoms with Crippen molar-refractivity contribution in [3.8, 4) is 5.75 Å². The number of nitrogens with zero attached hydrogens (tertiary/aromatic N) is 3. The molecule has 35 heavy (non-hydrogen) atoms. The zero-order valence-electron chi connectivity index (χ0n) is 21.0. The van der Waals surface area contributed by atoms with E-state index in [-0.39, 0.29) is 25.0 Å². The number of imidazole rings is 1. The Labute approximate surface area is 207 Å². The number of ether oxygens (including phenoxy) is 1. The Kier molecular flexibility index (Phi) is 8.06. The molecule has 1 aromatic heterocycles. The molecule has 7 nitrogen and oxygen atoms in total. The van der Waals surface area contributed by atoms with Crippen molar-refractivity contribution in [3.05, 3.63) is 59.4 Å². The molecule has 2 aromatic carbocycles. The molecule has 7 heteroatoms. The van der Waals surface area contributed by atoms with Crippen molar-refractivity contribution in [3.63, 3.8) is 0 Å². The quantitative estimate of drug-likeness (QED) is 0.503. The Morgan fingerprint density at radius 1 is 1.11 bits per heavy atom. The molecule has 0 spiro atoms. The van der Waals surface area contributed by atoms with Crippen molar-refractivity contribution in [2.75, 3.05) is 20.2 Å². The highest BCUT2D eigenvalue weighted by Gasteiger charge is 2.23. The molecular formula is C28H36N4O3. The molecule has 0 unspecified atom stereocenters. The maximum absolute atomic E-state index is 13.1. The summed E-state index contributed by atoms with van der Waals surface area (Å²) in [5.74, 6) is 1.45. The number of amides is 2. The van der Waals surface area contributed by atoms with Crippen LogP contribution in [0.5, 0.6) is 5.75 Å². The fourth-order valence-electron chi connectivity index (χ4n) is 4.78. The molecule has 1 aliphatic rings. The van der Waals surface area contributed by atoms with Gasteiger partial charge in [0.25, 0.3) is 5.91 Å². The Hall–Kier alpha value is -3.35. The molecule has 0 radical (unpaired) electrons. The highest BCUT2D eigenvalue weighted by atomic mass is 16.5. The Morgan fingerprint density at radius 3 is 2.69 bits per heavy atom. The van der Waals surface area contributed by atoms with Crippen LogP contribution in [0.3, 0.4) is 0 Å². The molecule has 0 atom stereocenters. The third-order valence-corrected chi connectivity index (χ3v) is 6.92. The van der Waals surface area contributed by atoms with E-state index in [0.29, 0.717) is 19.0 Å². The summed E-state index contributed by atoms with van der Waals surface area (Å²) in [5, 5.41) is 2.92. The molecule has 0 bridgehead atoms. The van der Waals surface area contributed by atoms with E-state index in [1.807, 2.05) is 72.8 Å². The number of carbonyl (C=O) groups is 2. The number of nitrogens with one attached hydrogen (secondary N) is 1. The predicted octanol–water partition coefficient (Wildman–Crippen LogP) is 4.18. The number of hydrogen-bond acceptors (Lipinski definition) is 4. The zero-order chi connectivity index (χ0) is 24.8. The summed E-state index contributed by atoms with van der Waals surface area (Å²) >= 11 is 0. The highest BCUT2D eigenvalue weighted by molar-refractivity contribution is 5.81. The number of aryl methyl sites for hydroxylation is 2. The second-order valence-corrected chi connectivity index (χ2v) is 9.56. The van der Waals surface area contributed by atoms with E-state index in [1.165, 1.54) is 19.3 Å². The second kappa shape index (κ2) is 11.4. The summed E-state index contributed by atoms with van der Waals surface area (Å²) < 4.78 is 7.70. The first-order valence-corrected chi connectivity index (χ1v) is 12.6. The maximum Gasteiger partial charge on any atom is 0.257 e. The van der Waals surface area contributed by atoms with Crippen LogP contribution in [0.15, 0.2) is 42.5 Å². The fraction of sp³-hybridized carbons (Fsp3) is 0.464. The van der Waals surface area contributed by atoms with Crippen molar-refractivity contribution >= 4 is 22.8 Å². The summed E-state index contributed by atoms with van der Waals surface area (Å²) in [6, 6.07) is 14.1. The first-order valence-electron chi connectivity index (χ1n) is 12.6. The number of carbonyl (C=O) groups excluding carboxylic acids is 2. The monoisotopic (exact) mass is 476 g/mol. The van der Waals surface area contributed by atoms with E-state index >= 15 is 0 Å². The number of benzene rings is 2. The van der Waals surface area contributed by atoms with E-state index in [2.05, 4.69) is 5.32 Å². The van der Waals surface area contributed by atoms with E-state index < -0.39 is 0 Å². The van der Waals surface area contributed by atoms with Crippen LogP contribution in [-0.4, -0.2) is 52.5 Å². The molecular weight excluding hydrogens is 440 g/mol. The summed E-state index contributed by atoms with van der Waals surface area (Å²) in [4.78, 5) is 32.2.